The summed E-state index contributed by atoms with van der Waals surface area (Å²) in [6.07, 6.45) is 5.39. The Kier molecular flexibility index (Phi) is 4.96. The third-order valence-corrected chi connectivity index (χ3v) is 2.60. The number of hydrogen-bond acceptors (Lipinski definition) is 8. The van der Waals surface area contributed by atoms with Crippen molar-refractivity contribution in [3.8, 4) is 0 Å². The van der Waals surface area contributed by atoms with Crippen LogP contribution in [0, 0.1) is 10.1 Å². The molecule has 2 rings (SSSR count). The molecular formula is C11H16N8O2. The van der Waals surface area contributed by atoms with E-state index < -0.39 is 4.92 Å². The fraction of sp³-hybridized carbons (Fsp3) is 0.455. The van der Waals surface area contributed by atoms with Crippen LogP contribution in [0.25, 0.3) is 0 Å². The van der Waals surface area contributed by atoms with Crippen LogP contribution in [0.2, 0.25) is 0 Å². The lowest BCUT2D eigenvalue weighted by atomic mass is 10.4. The van der Waals surface area contributed by atoms with Gasteiger partial charge < -0.3 is 10.6 Å². The Hall–Kier alpha value is -2.78. The van der Waals surface area contributed by atoms with Crippen LogP contribution in [0.1, 0.15) is 13.3 Å². The van der Waals surface area contributed by atoms with Crippen molar-refractivity contribution in [2.24, 2.45) is 0 Å². The first kappa shape index (κ1) is 14.6. The van der Waals surface area contributed by atoms with Gasteiger partial charge in [0.25, 0.3) is 0 Å². The van der Waals surface area contributed by atoms with Gasteiger partial charge in [-0.3, -0.25) is 14.8 Å². The highest BCUT2D eigenvalue weighted by atomic mass is 16.6. The minimum absolute atomic E-state index is 0.157. The molecule has 0 atom stereocenters. The molecule has 2 aromatic heterocycles. The van der Waals surface area contributed by atoms with Crippen molar-refractivity contribution in [3.05, 3.63) is 28.7 Å². The highest BCUT2D eigenvalue weighted by Crippen LogP contribution is 2.21. The zero-order valence-corrected chi connectivity index (χ0v) is 11.6. The summed E-state index contributed by atoms with van der Waals surface area (Å²) in [4.78, 5) is 18.5. The summed E-state index contributed by atoms with van der Waals surface area (Å²) >= 11 is 0. The number of nitrogens with one attached hydrogen (secondary N) is 2. The van der Waals surface area contributed by atoms with Crippen molar-refractivity contribution < 1.29 is 4.92 Å². The minimum atomic E-state index is -0.513. The molecule has 0 unspecified atom stereocenters. The van der Waals surface area contributed by atoms with Crippen molar-refractivity contribution >= 4 is 17.5 Å². The Bertz CT molecular complexity index is 586. The lowest BCUT2D eigenvalue weighted by molar-refractivity contribution is -0.384. The normalized spacial score (nSPS) is 10.3. The molecule has 112 valence electrons. The van der Waals surface area contributed by atoms with E-state index in [0.717, 1.165) is 6.42 Å². The predicted octanol–water partition coefficient (Wildman–Crippen LogP) is 0.910. The molecule has 0 fully saturated rings. The predicted molar refractivity (Wildman–Crippen MR) is 76.0 cm³/mol. The van der Waals surface area contributed by atoms with Gasteiger partial charge in [0.1, 0.15) is 6.20 Å². The molecule has 2 heterocycles. The summed E-state index contributed by atoms with van der Waals surface area (Å²) in [6.45, 7) is 3.68. The molecule has 2 aromatic rings. The van der Waals surface area contributed by atoms with E-state index >= 15 is 0 Å². The largest absolute Gasteiger partial charge is 0.362 e. The van der Waals surface area contributed by atoms with Gasteiger partial charge in [0.2, 0.25) is 11.8 Å². The van der Waals surface area contributed by atoms with Gasteiger partial charge in [0, 0.05) is 19.3 Å². The summed E-state index contributed by atoms with van der Waals surface area (Å²) in [6, 6.07) is 0. The van der Waals surface area contributed by atoms with E-state index in [1.807, 2.05) is 6.92 Å². The van der Waals surface area contributed by atoms with Gasteiger partial charge in [-0.15, -0.1) is 5.10 Å². The van der Waals surface area contributed by atoms with Crippen molar-refractivity contribution in [2.45, 2.75) is 19.9 Å². The monoisotopic (exact) mass is 292 g/mol. The van der Waals surface area contributed by atoms with Gasteiger partial charge >= 0.3 is 5.69 Å². The number of hydrogen-bond donors (Lipinski definition) is 2. The third-order valence-electron chi connectivity index (χ3n) is 2.60. The number of nitrogens with zero attached hydrogens (tertiary/aromatic N) is 6. The summed E-state index contributed by atoms with van der Waals surface area (Å²) in [5.74, 6) is 0.555. The van der Waals surface area contributed by atoms with E-state index in [2.05, 4.69) is 30.9 Å². The molecule has 0 bridgehead atoms. The van der Waals surface area contributed by atoms with Crippen LogP contribution in [0.5, 0.6) is 0 Å². The van der Waals surface area contributed by atoms with E-state index in [1.54, 1.807) is 17.1 Å². The first-order valence-corrected chi connectivity index (χ1v) is 6.54. The Morgan fingerprint density at radius 1 is 1.38 bits per heavy atom. The molecule has 0 saturated carbocycles. The molecule has 0 aromatic carbocycles. The van der Waals surface area contributed by atoms with Gasteiger partial charge in [-0.25, -0.2) is 4.98 Å². The van der Waals surface area contributed by atoms with Crippen molar-refractivity contribution in [1.82, 2.24) is 25.0 Å². The van der Waals surface area contributed by atoms with Gasteiger partial charge in [-0.1, -0.05) is 12.1 Å². The molecule has 10 nitrogen and oxygen atoms in total. The smallest absolute Gasteiger partial charge is 0.329 e. The van der Waals surface area contributed by atoms with Crippen LogP contribution < -0.4 is 10.6 Å². The van der Waals surface area contributed by atoms with Crippen LogP contribution in [-0.2, 0) is 6.54 Å². The van der Waals surface area contributed by atoms with Crippen LogP contribution in [-0.4, -0.2) is 43.0 Å². The second-order valence-electron chi connectivity index (χ2n) is 4.20. The summed E-state index contributed by atoms with van der Waals surface area (Å²) < 4.78 is 1.62. The van der Waals surface area contributed by atoms with Gasteiger partial charge in [0.05, 0.1) is 17.7 Å². The Labute approximate surface area is 120 Å². The van der Waals surface area contributed by atoms with Crippen LogP contribution in [0.3, 0.4) is 0 Å². The maximum atomic E-state index is 11.0. The lowest BCUT2D eigenvalue weighted by Gasteiger charge is -2.08. The average molecular weight is 292 g/mol. The second-order valence-corrected chi connectivity index (χ2v) is 4.20. The Balaban J connectivity index is 2.04. The molecule has 0 radical (unpaired) electrons. The van der Waals surface area contributed by atoms with Crippen LogP contribution >= 0.6 is 0 Å². The van der Waals surface area contributed by atoms with E-state index in [-0.39, 0.29) is 11.5 Å². The second kappa shape index (κ2) is 7.12. The SMILES string of the molecule is CCCNc1ncc([N+](=O)[O-])c(NCCn2ccnn2)n1. The molecule has 0 amide bonds. The molecule has 0 aliphatic carbocycles. The number of aromatic nitrogens is 5. The maximum absolute atomic E-state index is 11.0. The summed E-state index contributed by atoms with van der Waals surface area (Å²) in [7, 11) is 0. The summed E-state index contributed by atoms with van der Waals surface area (Å²) in [5.41, 5.74) is -0.157. The quantitative estimate of drug-likeness (QED) is 0.543. The third kappa shape index (κ3) is 4.09. The van der Waals surface area contributed by atoms with Gasteiger partial charge in [0.15, 0.2) is 0 Å². The molecule has 10 heteroatoms. The van der Waals surface area contributed by atoms with Crippen molar-refractivity contribution in [1.29, 1.82) is 0 Å². The molecule has 0 spiro atoms. The van der Waals surface area contributed by atoms with Crippen molar-refractivity contribution in [2.75, 3.05) is 23.7 Å². The molecule has 2 N–H and O–H groups in total. The van der Waals surface area contributed by atoms with Crippen molar-refractivity contribution in [3.63, 3.8) is 0 Å². The maximum Gasteiger partial charge on any atom is 0.329 e. The fourth-order valence-corrected chi connectivity index (χ4v) is 1.60. The number of anilines is 2. The number of nitro groups is 1. The zero-order chi connectivity index (χ0) is 15.1. The average Bonchev–Trinajstić information content (AvgIpc) is 2.98. The molecule has 0 aliphatic heterocycles. The first-order valence-electron chi connectivity index (χ1n) is 6.54. The molecule has 21 heavy (non-hydrogen) atoms. The Morgan fingerprint density at radius 3 is 2.90 bits per heavy atom. The minimum Gasteiger partial charge on any atom is -0.362 e. The first-order chi connectivity index (χ1) is 10.2. The lowest BCUT2D eigenvalue weighted by Crippen LogP contribution is -2.14. The molecule has 0 saturated heterocycles. The molecule has 0 aliphatic rings. The molecular weight excluding hydrogens is 276 g/mol. The van der Waals surface area contributed by atoms with E-state index in [9.17, 15) is 10.1 Å². The fourth-order valence-electron chi connectivity index (χ4n) is 1.60. The summed E-state index contributed by atoms with van der Waals surface area (Å²) in [5, 5.41) is 24.4. The van der Waals surface area contributed by atoms with Crippen LogP contribution in [0.4, 0.5) is 17.5 Å². The van der Waals surface area contributed by atoms with Crippen LogP contribution in [0.15, 0.2) is 18.6 Å². The highest BCUT2D eigenvalue weighted by molar-refractivity contribution is 5.56. The number of rotatable bonds is 8. The standard InChI is InChI=1S/C11H16N8O2/c1-2-3-13-11-14-8-9(19(20)21)10(16-11)12-4-6-18-7-5-15-17-18/h5,7-8H,2-4,6H2,1H3,(H2,12,13,14,16). The highest BCUT2D eigenvalue weighted by Gasteiger charge is 2.16. The topological polar surface area (TPSA) is 124 Å². The van der Waals surface area contributed by atoms with E-state index in [4.69, 9.17) is 0 Å². The Morgan fingerprint density at radius 2 is 2.24 bits per heavy atom. The van der Waals surface area contributed by atoms with Gasteiger partial charge in [-0.05, 0) is 6.42 Å². The van der Waals surface area contributed by atoms with Gasteiger partial charge in [-0.2, -0.15) is 4.98 Å². The van der Waals surface area contributed by atoms with E-state index in [0.29, 0.717) is 25.6 Å². The van der Waals surface area contributed by atoms with E-state index in [1.165, 1.54) is 6.20 Å². The zero-order valence-electron chi connectivity index (χ0n) is 11.6.